The highest BCUT2D eigenvalue weighted by Crippen LogP contribution is 2.23. The lowest BCUT2D eigenvalue weighted by Crippen LogP contribution is -2.47. The summed E-state index contributed by atoms with van der Waals surface area (Å²) in [7, 11) is 2.12. The zero-order valence-electron chi connectivity index (χ0n) is 15.2. The molecule has 2 aromatic heterocycles. The van der Waals surface area contributed by atoms with Crippen LogP contribution >= 0.6 is 0 Å². The Labute approximate surface area is 153 Å². The van der Waals surface area contributed by atoms with Gasteiger partial charge in [-0.05, 0) is 18.9 Å². The summed E-state index contributed by atoms with van der Waals surface area (Å²) in [6.07, 6.45) is 9.43. The van der Waals surface area contributed by atoms with Crippen LogP contribution in [0.3, 0.4) is 0 Å². The van der Waals surface area contributed by atoms with Crippen molar-refractivity contribution in [3.8, 4) is 0 Å². The van der Waals surface area contributed by atoms with E-state index in [0.29, 0.717) is 6.04 Å². The number of ether oxygens (including phenoxy) is 1. The van der Waals surface area contributed by atoms with Crippen molar-refractivity contribution >= 4 is 17.6 Å². The van der Waals surface area contributed by atoms with E-state index in [1.165, 1.54) is 0 Å². The van der Waals surface area contributed by atoms with Gasteiger partial charge in [0.05, 0.1) is 19.4 Å². The Morgan fingerprint density at radius 2 is 1.96 bits per heavy atom. The van der Waals surface area contributed by atoms with Crippen LogP contribution < -0.4 is 14.7 Å². The van der Waals surface area contributed by atoms with Crippen molar-refractivity contribution in [3.63, 3.8) is 0 Å². The fraction of sp³-hybridized carbons (Fsp3) is 0.556. The normalized spacial score (nSPS) is 20.9. The maximum atomic E-state index is 5.42. The van der Waals surface area contributed by atoms with E-state index in [9.17, 15) is 0 Å². The van der Waals surface area contributed by atoms with Gasteiger partial charge in [0.1, 0.15) is 11.6 Å². The highest BCUT2D eigenvalue weighted by molar-refractivity contribution is 5.46. The number of morpholine rings is 1. The Morgan fingerprint density at radius 1 is 1.08 bits per heavy atom. The first-order valence-corrected chi connectivity index (χ1v) is 9.21. The molecule has 2 fully saturated rings. The molecule has 0 aliphatic carbocycles. The van der Waals surface area contributed by atoms with Crippen LogP contribution in [0.5, 0.6) is 0 Å². The molecule has 4 heterocycles. The molecule has 1 unspecified atom stereocenters. The maximum absolute atomic E-state index is 5.42. The van der Waals surface area contributed by atoms with Gasteiger partial charge in [-0.15, -0.1) is 0 Å². The average Bonchev–Trinajstić information content (AvgIpc) is 2.75. The zero-order chi connectivity index (χ0) is 17.8. The highest BCUT2D eigenvalue weighted by atomic mass is 16.5. The van der Waals surface area contributed by atoms with Gasteiger partial charge in [-0.3, -0.25) is 4.98 Å². The number of piperidine rings is 1. The molecular formula is C18H25N7O. The Hall–Kier alpha value is -2.48. The van der Waals surface area contributed by atoms with E-state index < -0.39 is 0 Å². The van der Waals surface area contributed by atoms with E-state index >= 15 is 0 Å². The molecule has 0 bridgehead atoms. The van der Waals surface area contributed by atoms with Crippen LogP contribution in [0, 0.1) is 0 Å². The summed E-state index contributed by atoms with van der Waals surface area (Å²) >= 11 is 0. The van der Waals surface area contributed by atoms with Crippen molar-refractivity contribution in [2.45, 2.75) is 18.9 Å². The van der Waals surface area contributed by atoms with E-state index in [1.807, 2.05) is 18.5 Å². The van der Waals surface area contributed by atoms with Crippen LogP contribution in [0.25, 0.3) is 0 Å². The summed E-state index contributed by atoms with van der Waals surface area (Å²) in [6, 6.07) is 2.38. The standard InChI is InChI=1S/C18H25N7O/c1-23(15-3-2-8-25(14-15)17-13-19-6-7-20-17)16-4-5-21-18(22-16)24-9-11-26-12-10-24/h4-7,13,15H,2-3,8-12,14H2,1H3. The van der Waals surface area contributed by atoms with Gasteiger partial charge in [0.2, 0.25) is 5.95 Å². The number of hydrogen-bond acceptors (Lipinski definition) is 8. The number of rotatable bonds is 4. The predicted octanol–water partition coefficient (Wildman–Crippen LogP) is 1.21. The fourth-order valence-electron chi connectivity index (χ4n) is 3.57. The molecule has 2 aliphatic rings. The van der Waals surface area contributed by atoms with Gasteiger partial charge in [0.25, 0.3) is 0 Å². The minimum absolute atomic E-state index is 0.387. The average molecular weight is 355 g/mol. The number of likely N-dealkylation sites (N-methyl/N-ethyl adjacent to an activating group) is 1. The molecule has 0 saturated carbocycles. The zero-order valence-corrected chi connectivity index (χ0v) is 15.2. The minimum atomic E-state index is 0.387. The van der Waals surface area contributed by atoms with Gasteiger partial charge in [0, 0.05) is 57.9 Å². The van der Waals surface area contributed by atoms with Gasteiger partial charge in [-0.2, -0.15) is 4.98 Å². The molecule has 8 heteroatoms. The first-order valence-electron chi connectivity index (χ1n) is 9.21. The van der Waals surface area contributed by atoms with Gasteiger partial charge in [-0.25, -0.2) is 9.97 Å². The quantitative estimate of drug-likeness (QED) is 0.810. The minimum Gasteiger partial charge on any atom is -0.378 e. The van der Waals surface area contributed by atoms with Gasteiger partial charge in [-0.1, -0.05) is 0 Å². The van der Waals surface area contributed by atoms with E-state index in [1.54, 1.807) is 12.4 Å². The molecule has 4 rings (SSSR count). The fourth-order valence-corrected chi connectivity index (χ4v) is 3.57. The second-order valence-electron chi connectivity index (χ2n) is 6.73. The molecule has 0 N–H and O–H groups in total. The second-order valence-corrected chi connectivity index (χ2v) is 6.73. The smallest absolute Gasteiger partial charge is 0.227 e. The SMILES string of the molecule is CN(c1ccnc(N2CCOCC2)n1)C1CCCN(c2cnccn2)C1. The molecule has 0 spiro atoms. The Bertz CT molecular complexity index is 708. The Morgan fingerprint density at radius 3 is 2.77 bits per heavy atom. The molecular weight excluding hydrogens is 330 g/mol. The van der Waals surface area contributed by atoms with Gasteiger partial charge < -0.3 is 19.4 Å². The third-order valence-corrected chi connectivity index (χ3v) is 5.10. The monoisotopic (exact) mass is 355 g/mol. The summed E-state index contributed by atoms with van der Waals surface area (Å²) in [6.45, 7) is 5.10. The van der Waals surface area contributed by atoms with Gasteiger partial charge in [0.15, 0.2) is 0 Å². The summed E-state index contributed by atoms with van der Waals surface area (Å²) in [5.74, 6) is 2.70. The third kappa shape index (κ3) is 3.70. The van der Waals surface area contributed by atoms with Crippen molar-refractivity contribution in [3.05, 3.63) is 30.9 Å². The molecule has 0 amide bonds. The molecule has 0 radical (unpaired) electrons. The van der Waals surface area contributed by atoms with Crippen LogP contribution in [0.2, 0.25) is 0 Å². The molecule has 138 valence electrons. The second kappa shape index (κ2) is 7.82. The predicted molar refractivity (Wildman–Crippen MR) is 101 cm³/mol. The lowest BCUT2D eigenvalue weighted by atomic mass is 10.0. The number of aromatic nitrogens is 4. The lowest BCUT2D eigenvalue weighted by molar-refractivity contribution is 0.122. The van der Waals surface area contributed by atoms with E-state index in [2.05, 4.69) is 36.7 Å². The summed E-state index contributed by atoms with van der Waals surface area (Å²) < 4.78 is 5.42. The van der Waals surface area contributed by atoms with Crippen LogP contribution in [0.4, 0.5) is 17.6 Å². The Kier molecular flexibility index (Phi) is 5.10. The first kappa shape index (κ1) is 17.0. The number of anilines is 3. The summed E-state index contributed by atoms with van der Waals surface area (Å²) in [5.41, 5.74) is 0. The largest absolute Gasteiger partial charge is 0.378 e. The summed E-state index contributed by atoms with van der Waals surface area (Å²) in [4.78, 5) is 24.7. The lowest BCUT2D eigenvalue weighted by Gasteiger charge is -2.38. The number of nitrogens with zero attached hydrogens (tertiary/aromatic N) is 7. The highest BCUT2D eigenvalue weighted by Gasteiger charge is 2.25. The molecule has 2 aliphatic heterocycles. The summed E-state index contributed by atoms with van der Waals surface area (Å²) in [5, 5.41) is 0. The molecule has 0 aromatic carbocycles. The van der Waals surface area contributed by atoms with Crippen LogP contribution in [-0.4, -0.2) is 72.4 Å². The molecule has 2 saturated heterocycles. The van der Waals surface area contributed by atoms with Crippen LogP contribution in [-0.2, 0) is 4.74 Å². The maximum Gasteiger partial charge on any atom is 0.227 e. The van der Waals surface area contributed by atoms with E-state index in [0.717, 1.165) is 69.8 Å². The Balaban J connectivity index is 1.47. The van der Waals surface area contributed by atoms with Crippen molar-refractivity contribution in [1.29, 1.82) is 0 Å². The molecule has 1 atom stereocenters. The molecule has 26 heavy (non-hydrogen) atoms. The van der Waals surface area contributed by atoms with Crippen molar-refractivity contribution in [1.82, 2.24) is 19.9 Å². The first-order chi connectivity index (χ1) is 12.8. The molecule has 2 aromatic rings. The van der Waals surface area contributed by atoms with E-state index in [-0.39, 0.29) is 0 Å². The van der Waals surface area contributed by atoms with Crippen molar-refractivity contribution in [2.75, 3.05) is 61.1 Å². The topological polar surface area (TPSA) is 70.5 Å². The third-order valence-electron chi connectivity index (χ3n) is 5.10. The van der Waals surface area contributed by atoms with Crippen LogP contribution in [0.1, 0.15) is 12.8 Å². The van der Waals surface area contributed by atoms with Gasteiger partial charge >= 0.3 is 0 Å². The van der Waals surface area contributed by atoms with E-state index in [4.69, 9.17) is 9.72 Å². The molecule has 8 nitrogen and oxygen atoms in total. The van der Waals surface area contributed by atoms with Crippen molar-refractivity contribution < 1.29 is 4.74 Å². The number of hydrogen-bond donors (Lipinski definition) is 0. The van der Waals surface area contributed by atoms with Crippen molar-refractivity contribution in [2.24, 2.45) is 0 Å². The van der Waals surface area contributed by atoms with Crippen LogP contribution in [0.15, 0.2) is 30.9 Å².